The van der Waals surface area contributed by atoms with Crippen molar-refractivity contribution in [2.75, 3.05) is 51.8 Å². The van der Waals surface area contributed by atoms with E-state index < -0.39 is 0 Å². The van der Waals surface area contributed by atoms with Gasteiger partial charge in [-0.1, -0.05) is 0 Å². The number of hydrogen-bond acceptors (Lipinski definition) is 8. The number of anilines is 1. The number of methoxy groups -OCH3 is 1. The summed E-state index contributed by atoms with van der Waals surface area (Å²) in [6.45, 7) is 5.69. The molecular formula is C17H26N8O. The molecule has 0 aromatic carbocycles. The van der Waals surface area contributed by atoms with Gasteiger partial charge in [-0.2, -0.15) is 5.10 Å². The number of H-pyrrole nitrogens is 1. The summed E-state index contributed by atoms with van der Waals surface area (Å²) >= 11 is 0. The summed E-state index contributed by atoms with van der Waals surface area (Å²) in [6.07, 6.45) is 6.56. The molecule has 140 valence electrons. The molecule has 0 bridgehead atoms. The van der Waals surface area contributed by atoms with Crippen LogP contribution in [0.1, 0.15) is 23.9 Å². The Kier molecular flexibility index (Phi) is 5.09. The number of rotatable bonds is 5. The van der Waals surface area contributed by atoms with Gasteiger partial charge in [0.1, 0.15) is 12.2 Å². The molecule has 0 unspecified atom stereocenters. The highest BCUT2D eigenvalue weighted by atomic mass is 16.5. The summed E-state index contributed by atoms with van der Waals surface area (Å²) in [7, 11) is 3.91. The minimum absolute atomic E-state index is 0.180. The van der Waals surface area contributed by atoms with Crippen molar-refractivity contribution in [3.8, 4) is 0 Å². The Bertz CT molecular complexity index is 683. The number of hydrogen-bond donors (Lipinski definition) is 1. The van der Waals surface area contributed by atoms with Gasteiger partial charge in [-0.25, -0.2) is 15.0 Å². The highest BCUT2D eigenvalue weighted by Crippen LogP contribution is 2.32. The van der Waals surface area contributed by atoms with Crippen LogP contribution in [0.3, 0.4) is 0 Å². The molecule has 2 aliphatic heterocycles. The SMILES string of the molecule is CO[C@@H]1C[C@@H](c2ncn[nH]2)N(Cc2cnc(N3CCN(C)CC3)nc2)C1. The van der Waals surface area contributed by atoms with Crippen LogP contribution in [0, 0.1) is 0 Å². The second-order valence-corrected chi connectivity index (χ2v) is 7.09. The molecule has 9 nitrogen and oxygen atoms in total. The zero-order chi connectivity index (χ0) is 17.9. The lowest BCUT2D eigenvalue weighted by Crippen LogP contribution is -2.45. The third-order valence-electron chi connectivity index (χ3n) is 5.31. The molecule has 0 spiro atoms. The fourth-order valence-corrected chi connectivity index (χ4v) is 3.70. The maximum Gasteiger partial charge on any atom is 0.225 e. The smallest absolute Gasteiger partial charge is 0.225 e. The van der Waals surface area contributed by atoms with E-state index in [9.17, 15) is 0 Å². The van der Waals surface area contributed by atoms with Crippen molar-refractivity contribution in [2.45, 2.75) is 25.1 Å². The van der Waals surface area contributed by atoms with Crippen molar-refractivity contribution < 1.29 is 4.74 Å². The summed E-state index contributed by atoms with van der Waals surface area (Å²) in [5.41, 5.74) is 1.10. The predicted octanol–water partition coefficient (Wildman–Crippen LogP) is 0.309. The van der Waals surface area contributed by atoms with E-state index in [2.05, 4.69) is 46.9 Å². The van der Waals surface area contributed by atoms with Gasteiger partial charge in [0.2, 0.25) is 5.95 Å². The Balaban J connectivity index is 1.42. The van der Waals surface area contributed by atoms with Crippen LogP contribution in [-0.2, 0) is 11.3 Å². The molecule has 0 amide bonds. The van der Waals surface area contributed by atoms with E-state index >= 15 is 0 Å². The topological polar surface area (TPSA) is 86.3 Å². The van der Waals surface area contributed by atoms with Crippen LogP contribution >= 0.6 is 0 Å². The Morgan fingerprint density at radius 3 is 2.58 bits per heavy atom. The maximum atomic E-state index is 5.57. The second kappa shape index (κ2) is 7.65. The van der Waals surface area contributed by atoms with E-state index in [0.29, 0.717) is 0 Å². The lowest BCUT2D eigenvalue weighted by Gasteiger charge is -2.32. The van der Waals surface area contributed by atoms with Crippen LogP contribution in [0.15, 0.2) is 18.7 Å². The Morgan fingerprint density at radius 1 is 1.15 bits per heavy atom. The first-order valence-corrected chi connectivity index (χ1v) is 9.09. The highest BCUT2D eigenvalue weighted by molar-refractivity contribution is 5.30. The number of aromatic nitrogens is 5. The molecule has 0 radical (unpaired) electrons. The molecule has 1 N–H and O–H groups in total. The lowest BCUT2D eigenvalue weighted by atomic mass is 10.2. The normalized spacial score (nSPS) is 25.1. The molecule has 2 aromatic rings. The molecule has 0 aliphatic carbocycles. The van der Waals surface area contributed by atoms with Crippen LogP contribution in [-0.4, -0.2) is 87.9 Å². The van der Waals surface area contributed by atoms with Crippen LogP contribution in [0.2, 0.25) is 0 Å². The third-order valence-corrected chi connectivity index (χ3v) is 5.31. The summed E-state index contributed by atoms with van der Waals surface area (Å²) in [4.78, 5) is 20.5. The van der Waals surface area contributed by atoms with Gasteiger partial charge in [-0.15, -0.1) is 0 Å². The Morgan fingerprint density at radius 2 is 1.92 bits per heavy atom. The van der Waals surface area contributed by atoms with Gasteiger partial charge in [0.05, 0.1) is 12.1 Å². The Hall–Kier alpha value is -2.10. The van der Waals surface area contributed by atoms with E-state index in [0.717, 1.165) is 63.0 Å². The van der Waals surface area contributed by atoms with Gasteiger partial charge in [-0.05, 0) is 13.5 Å². The van der Waals surface area contributed by atoms with Gasteiger partial charge in [0.15, 0.2) is 0 Å². The van der Waals surface area contributed by atoms with Crippen LogP contribution in [0.5, 0.6) is 0 Å². The number of ether oxygens (including phenoxy) is 1. The Labute approximate surface area is 153 Å². The molecule has 26 heavy (non-hydrogen) atoms. The molecule has 2 aliphatic rings. The van der Waals surface area contributed by atoms with E-state index in [-0.39, 0.29) is 12.1 Å². The predicted molar refractivity (Wildman–Crippen MR) is 96.7 cm³/mol. The van der Waals surface area contributed by atoms with E-state index in [1.807, 2.05) is 12.4 Å². The van der Waals surface area contributed by atoms with Crippen molar-refractivity contribution in [3.05, 3.63) is 30.1 Å². The summed E-state index contributed by atoms with van der Waals surface area (Å²) in [5.74, 6) is 1.71. The molecular weight excluding hydrogens is 332 g/mol. The highest BCUT2D eigenvalue weighted by Gasteiger charge is 2.35. The molecule has 2 aromatic heterocycles. The summed E-state index contributed by atoms with van der Waals surface area (Å²) in [6, 6.07) is 0.180. The molecule has 9 heteroatoms. The minimum atomic E-state index is 0.180. The van der Waals surface area contributed by atoms with Crippen molar-refractivity contribution >= 4 is 5.95 Å². The first kappa shape index (κ1) is 17.3. The fourth-order valence-electron chi connectivity index (χ4n) is 3.70. The van der Waals surface area contributed by atoms with Crippen LogP contribution in [0.4, 0.5) is 5.95 Å². The van der Waals surface area contributed by atoms with Gasteiger partial charge in [0, 0.05) is 64.3 Å². The largest absolute Gasteiger partial charge is 0.380 e. The molecule has 2 atom stereocenters. The molecule has 4 rings (SSSR count). The van der Waals surface area contributed by atoms with Crippen molar-refractivity contribution in [1.82, 2.24) is 34.9 Å². The van der Waals surface area contributed by atoms with Crippen molar-refractivity contribution in [3.63, 3.8) is 0 Å². The average Bonchev–Trinajstić information content (AvgIpc) is 3.32. The second-order valence-electron chi connectivity index (χ2n) is 7.09. The van der Waals surface area contributed by atoms with Gasteiger partial charge < -0.3 is 14.5 Å². The third kappa shape index (κ3) is 3.69. The molecule has 0 saturated carbocycles. The number of piperazine rings is 1. The maximum absolute atomic E-state index is 5.57. The summed E-state index contributed by atoms with van der Waals surface area (Å²) in [5, 5.41) is 6.99. The molecule has 2 saturated heterocycles. The minimum Gasteiger partial charge on any atom is -0.380 e. The quantitative estimate of drug-likeness (QED) is 0.817. The van der Waals surface area contributed by atoms with E-state index in [4.69, 9.17) is 4.74 Å². The van der Waals surface area contributed by atoms with Crippen molar-refractivity contribution in [2.24, 2.45) is 0 Å². The van der Waals surface area contributed by atoms with Crippen LogP contribution < -0.4 is 4.90 Å². The molecule has 2 fully saturated rings. The molecule has 4 heterocycles. The number of nitrogens with zero attached hydrogens (tertiary/aromatic N) is 7. The standard InChI is InChI=1S/C17H26N8O/c1-23-3-5-24(6-4-23)17-18-8-13(9-19-17)10-25-11-14(26-2)7-15(25)16-20-12-21-22-16/h8-9,12,14-15H,3-7,10-11H2,1-2H3,(H,20,21,22)/t14-,15+/m1/s1. The van der Waals surface area contributed by atoms with E-state index in [1.54, 1.807) is 13.4 Å². The monoisotopic (exact) mass is 358 g/mol. The zero-order valence-corrected chi connectivity index (χ0v) is 15.4. The number of likely N-dealkylation sites (tertiary alicyclic amines) is 1. The van der Waals surface area contributed by atoms with Crippen LogP contribution in [0.25, 0.3) is 0 Å². The number of aromatic amines is 1. The first-order chi connectivity index (χ1) is 12.7. The van der Waals surface area contributed by atoms with Gasteiger partial charge in [-0.3, -0.25) is 10.00 Å². The number of likely N-dealkylation sites (N-methyl/N-ethyl adjacent to an activating group) is 1. The average molecular weight is 358 g/mol. The van der Waals surface area contributed by atoms with Gasteiger partial charge in [0.25, 0.3) is 0 Å². The first-order valence-electron chi connectivity index (χ1n) is 9.09. The van der Waals surface area contributed by atoms with Gasteiger partial charge >= 0.3 is 0 Å². The fraction of sp³-hybridized carbons (Fsp3) is 0.647. The van der Waals surface area contributed by atoms with E-state index in [1.165, 1.54) is 0 Å². The van der Waals surface area contributed by atoms with Crippen molar-refractivity contribution in [1.29, 1.82) is 0 Å². The lowest BCUT2D eigenvalue weighted by molar-refractivity contribution is 0.107. The number of nitrogens with one attached hydrogen (secondary N) is 1. The summed E-state index contributed by atoms with van der Waals surface area (Å²) < 4.78 is 5.57. The zero-order valence-electron chi connectivity index (χ0n) is 15.4.